The van der Waals surface area contributed by atoms with Gasteiger partial charge in [0, 0.05) is 42.3 Å². The van der Waals surface area contributed by atoms with Gasteiger partial charge < -0.3 is 20.1 Å². The molecule has 1 aliphatic carbocycles. The topological polar surface area (TPSA) is 62.2 Å². The minimum atomic E-state index is -0.0735. The lowest BCUT2D eigenvalue weighted by Gasteiger charge is -2.28. The third kappa shape index (κ3) is 4.76. The summed E-state index contributed by atoms with van der Waals surface area (Å²) in [5.74, 6) is -0.0106. The first-order chi connectivity index (χ1) is 17.4. The van der Waals surface area contributed by atoms with Gasteiger partial charge in [-0.2, -0.15) is 0 Å². The lowest BCUT2D eigenvalue weighted by Crippen LogP contribution is -2.33. The maximum atomic E-state index is 12.9. The summed E-state index contributed by atoms with van der Waals surface area (Å²) in [7, 11) is 0. The van der Waals surface area contributed by atoms with E-state index in [2.05, 4.69) is 51.1 Å². The second kappa shape index (κ2) is 10.4. The largest absolute Gasteiger partial charge is 0.352 e. The molecule has 1 saturated carbocycles. The number of carbonyl (C=O) groups excluding carboxylic acids is 1. The fourth-order valence-electron chi connectivity index (χ4n) is 5.96. The van der Waals surface area contributed by atoms with Gasteiger partial charge in [-0.25, -0.2) is 0 Å². The van der Waals surface area contributed by atoms with E-state index in [1.54, 1.807) is 0 Å². The Hall–Kier alpha value is -3.19. The van der Waals surface area contributed by atoms with Gasteiger partial charge in [0.05, 0.1) is 17.8 Å². The Morgan fingerprint density at radius 1 is 1.11 bits per heavy atom. The van der Waals surface area contributed by atoms with Crippen molar-refractivity contribution in [2.75, 3.05) is 11.9 Å². The van der Waals surface area contributed by atoms with Gasteiger partial charge in [-0.1, -0.05) is 37.1 Å². The summed E-state index contributed by atoms with van der Waals surface area (Å²) in [5, 5.41) is 7.26. The third-order valence-corrected chi connectivity index (χ3v) is 8.08. The number of thiocarbonyl (C=S) groups is 1. The van der Waals surface area contributed by atoms with Crippen LogP contribution in [0.2, 0.25) is 0 Å². The van der Waals surface area contributed by atoms with Crippen molar-refractivity contribution < 1.29 is 4.79 Å². The Kier molecular flexibility index (Phi) is 7.10. The van der Waals surface area contributed by atoms with E-state index >= 15 is 0 Å². The number of hydrogen-bond donors (Lipinski definition) is 2. The van der Waals surface area contributed by atoms with Crippen molar-refractivity contribution in [1.29, 1.82) is 0 Å². The fraction of sp³-hybridized carbons (Fsp3) is 0.414. The number of aryl methyl sites for hydroxylation is 2. The van der Waals surface area contributed by atoms with Gasteiger partial charge in [0.1, 0.15) is 0 Å². The normalized spacial score (nSPS) is 20.1. The number of carbonyl (C=O) groups is 1. The Morgan fingerprint density at radius 2 is 1.86 bits per heavy atom. The zero-order chi connectivity index (χ0) is 25.2. The van der Waals surface area contributed by atoms with Crippen LogP contribution in [0.25, 0.3) is 0 Å². The van der Waals surface area contributed by atoms with Crippen molar-refractivity contribution in [3.63, 3.8) is 0 Å². The molecule has 5 rings (SSSR count). The number of nitrogens with zero attached hydrogens (tertiary/aromatic N) is 3. The molecule has 7 heteroatoms. The number of nitrogens with one attached hydrogen (secondary N) is 2. The highest BCUT2D eigenvalue weighted by Crippen LogP contribution is 2.43. The number of pyridine rings is 1. The summed E-state index contributed by atoms with van der Waals surface area (Å²) in [4.78, 5) is 19.8. The summed E-state index contributed by atoms with van der Waals surface area (Å²) in [6, 6.07) is 16.7. The standard InChI is InChI=1S/C29H35N5OS/c1-19-10-4-7-13-24(19)31-26(35)15-17-33-28(27(32-29(33)36)25-14-8-9-16-30-25)23-18-20(2)34(21(23)3)22-11-5-6-12-22/h4,7-10,13-14,16,18,22,27-28H,5-6,11-12,15,17H2,1-3H3,(H,31,35)(H,32,36)/t27-,28+/m1/s1. The summed E-state index contributed by atoms with van der Waals surface area (Å²) in [5.41, 5.74) is 6.73. The van der Waals surface area contributed by atoms with Crippen molar-refractivity contribution >= 4 is 28.9 Å². The van der Waals surface area contributed by atoms with E-state index in [-0.39, 0.29) is 18.0 Å². The van der Waals surface area contributed by atoms with Crippen molar-refractivity contribution in [1.82, 2.24) is 19.8 Å². The number of anilines is 1. The minimum absolute atomic E-state index is 0.0106. The molecule has 1 amide bonds. The maximum Gasteiger partial charge on any atom is 0.226 e. The third-order valence-electron chi connectivity index (χ3n) is 7.73. The van der Waals surface area contributed by atoms with Gasteiger partial charge in [-0.05, 0) is 81.2 Å². The van der Waals surface area contributed by atoms with E-state index in [0.717, 1.165) is 16.9 Å². The molecule has 1 saturated heterocycles. The van der Waals surface area contributed by atoms with E-state index in [4.69, 9.17) is 12.2 Å². The number of hydrogen-bond acceptors (Lipinski definition) is 3. The maximum absolute atomic E-state index is 12.9. The Balaban J connectivity index is 1.43. The molecule has 2 aromatic heterocycles. The van der Waals surface area contributed by atoms with E-state index in [0.29, 0.717) is 24.1 Å². The average molecular weight is 502 g/mol. The minimum Gasteiger partial charge on any atom is -0.352 e. The van der Waals surface area contributed by atoms with Crippen LogP contribution in [0, 0.1) is 20.8 Å². The summed E-state index contributed by atoms with van der Waals surface area (Å²) in [6.07, 6.45) is 7.25. The number of para-hydroxylation sites is 1. The molecule has 3 aromatic rings. The Labute approximate surface area is 219 Å². The molecule has 188 valence electrons. The SMILES string of the molecule is Cc1ccccc1NC(=O)CCN1C(=S)N[C@H](c2ccccn2)[C@@H]1c1cc(C)n(C2CCCC2)c1C. The molecule has 0 spiro atoms. The molecule has 2 fully saturated rings. The number of rotatable bonds is 7. The highest BCUT2D eigenvalue weighted by atomic mass is 32.1. The molecule has 2 aliphatic rings. The molecule has 0 radical (unpaired) electrons. The van der Waals surface area contributed by atoms with E-state index < -0.39 is 0 Å². The zero-order valence-corrected chi connectivity index (χ0v) is 22.1. The van der Waals surface area contributed by atoms with Gasteiger partial charge in [0.15, 0.2) is 5.11 Å². The second-order valence-corrected chi connectivity index (χ2v) is 10.5. The van der Waals surface area contributed by atoms with E-state index in [1.165, 1.54) is 42.6 Å². The number of benzene rings is 1. The van der Waals surface area contributed by atoms with Crippen LogP contribution in [0.3, 0.4) is 0 Å². The van der Waals surface area contributed by atoms with E-state index in [1.807, 2.05) is 49.5 Å². The Bertz CT molecular complexity index is 1250. The van der Waals surface area contributed by atoms with Gasteiger partial charge in [0.25, 0.3) is 0 Å². The van der Waals surface area contributed by atoms with E-state index in [9.17, 15) is 4.79 Å². The highest BCUT2D eigenvalue weighted by Gasteiger charge is 2.41. The fourth-order valence-corrected chi connectivity index (χ4v) is 6.29. The van der Waals surface area contributed by atoms with Crippen molar-refractivity contribution in [2.24, 2.45) is 0 Å². The molecule has 0 unspecified atom stereocenters. The second-order valence-electron chi connectivity index (χ2n) is 10.1. The van der Waals surface area contributed by atoms with Crippen LogP contribution in [0.4, 0.5) is 5.69 Å². The van der Waals surface area contributed by atoms with Crippen LogP contribution >= 0.6 is 12.2 Å². The number of aromatic nitrogens is 2. The molecule has 0 bridgehead atoms. The molecule has 36 heavy (non-hydrogen) atoms. The molecular formula is C29H35N5OS. The Morgan fingerprint density at radius 3 is 2.58 bits per heavy atom. The average Bonchev–Trinajstić information content (AvgIpc) is 3.58. The summed E-state index contributed by atoms with van der Waals surface area (Å²) in [6.45, 7) is 6.99. The van der Waals surface area contributed by atoms with Crippen LogP contribution in [0.5, 0.6) is 0 Å². The van der Waals surface area contributed by atoms with Crippen LogP contribution in [0.1, 0.15) is 78.4 Å². The molecular weight excluding hydrogens is 466 g/mol. The van der Waals surface area contributed by atoms with Crippen LogP contribution in [0.15, 0.2) is 54.7 Å². The monoisotopic (exact) mass is 501 g/mol. The van der Waals surface area contributed by atoms with Crippen molar-refractivity contribution in [2.45, 2.75) is 71.0 Å². The quantitative estimate of drug-likeness (QED) is 0.393. The van der Waals surface area contributed by atoms with Crippen LogP contribution in [-0.4, -0.2) is 32.0 Å². The van der Waals surface area contributed by atoms with Gasteiger partial charge in [-0.3, -0.25) is 9.78 Å². The molecule has 1 aliphatic heterocycles. The van der Waals surface area contributed by atoms with Gasteiger partial charge >= 0.3 is 0 Å². The lowest BCUT2D eigenvalue weighted by molar-refractivity contribution is -0.116. The number of amides is 1. The lowest BCUT2D eigenvalue weighted by atomic mass is 9.96. The molecule has 2 atom stereocenters. The first kappa shape index (κ1) is 24.5. The first-order valence-electron chi connectivity index (χ1n) is 13.0. The summed E-state index contributed by atoms with van der Waals surface area (Å²) >= 11 is 5.84. The highest BCUT2D eigenvalue weighted by molar-refractivity contribution is 7.80. The predicted molar refractivity (Wildman–Crippen MR) is 148 cm³/mol. The van der Waals surface area contributed by atoms with Crippen LogP contribution < -0.4 is 10.6 Å². The van der Waals surface area contributed by atoms with Gasteiger partial charge in [-0.15, -0.1) is 0 Å². The zero-order valence-electron chi connectivity index (χ0n) is 21.3. The molecule has 3 heterocycles. The molecule has 2 N–H and O–H groups in total. The molecule has 6 nitrogen and oxygen atoms in total. The summed E-state index contributed by atoms with van der Waals surface area (Å²) < 4.78 is 2.53. The smallest absolute Gasteiger partial charge is 0.226 e. The van der Waals surface area contributed by atoms with Crippen LogP contribution in [-0.2, 0) is 4.79 Å². The first-order valence-corrected chi connectivity index (χ1v) is 13.4. The van der Waals surface area contributed by atoms with Gasteiger partial charge in [0.2, 0.25) is 5.91 Å². The van der Waals surface area contributed by atoms with Crippen molar-refractivity contribution in [3.05, 3.63) is 82.9 Å². The van der Waals surface area contributed by atoms with Crippen molar-refractivity contribution in [3.8, 4) is 0 Å². The predicted octanol–water partition coefficient (Wildman–Crippen LogP) is 5.92. The molecule has 1 aromatic carbocycles.